The maximum Gasteiger partial charge on any atom is 0.333 e. The Hall–Kier alpha value is -2.49. The highest BCUT2D eigenvalue weighted by Crippen LogP contribution is 2.44. The van der Waals surface area contributed by atoms with Crippen molar-refractivity contribution in [1.29, 1.82) is 0 Å². The minimum atomic E-state index is -0.729. The van der Waals surface area contributed by atoms with Gasteiger partial charge in [-0.15, -0.1) is 0 Å². The Morgan fingerprint density at radius 1 is 1.27 bits per heavy atom. The standard InChI is InChI=1S/C18H21NO3/c1-13-14(2)18(4,22-12-11-17(20)21-5)19(15(13)3)16-9-7-6-8-10-16/h6-12H,3H2,1-2,4-5H3/b12-11+/t18-/m0/s1. The fourth-order valence-electron chi connectivity index (χ4n) is 2.57. The number of anilines is 1. The van der Waals surface area contributed by atoms with E-state index >= 15 is 0 Å². The monoisotopic (exact) mass is 299 g/mol. The molecular weight excluding hydrogens is 278 g/mol. The van der Waals surface area contributed by atoms with Crippen molar-refractivity contribution in [1.82, 2.24) is 0 Å². The number of carbonyl (C=O) groups excluding carboxylic acids is 1. The Bertz CT molecular complexity index is 646. The third kappa shape index (κ3) is 2.64. The lowest BCUT2D eigenvalue weighted by atomic mass is 10.1. The summed E-state index contributed by atoms with van der Waals surface area (Å²) in [5.41, 5.74) is 3.27. The first kappa shape index (κ1) is 15.9. The summed E-state index contributed by atoms with van der Waals surface area (Å²) < 4.78 is 10.5. The summed E-state index contributed by atoms with van der Waals surface area (Å²) in [6.45, 7) is 10.2. The van der Waals surface area contributed by atoms with E-state index in [-0.39, 0.29) is 0 Å². The van der Waals surface area contributed by atoms with Crippen LogP contribution < -0.4 is 4.90 Å². The van der Waals surface area contributed by atoms with Crippen molar-refractivity contribution in [3.8, 4) is 0 Å². The molecule has 4 heteroatoms. The van der Waals surface area contributed by atoms with E-state index in [1.165, 1.54) is 19.4 Å². The Balaban J connectivity index is 2.37. The van der Waals surface area contributed by atoms with Crippen LogP contribution in [0.15, 0.2) is 66.1 Å². The van der Waals surface area contributed by atoms with Gasteiger partial charge in [0.25, 0.3) is 0 Å². The van der Waals surface area contributed by atoms with E-state index in [9.17, 15) is 4.79 Å². The molecule has 0 saturated carbocycles. The molecule has 0 unspecified atom stereocenters. The largest absolute Gasteiger partial charge is 0.471 e. The van der Waals surface area contributed by atoms with Crippen molar-refractivity contribution >= 4 is 11.7 Å². The van der Waals surface area contributed by atoms with Crippen molar-refractivity contribution < 1.29 is 14.3 Å². The third-order valence-electron chi connectivity index (χ3n) is 4.11. The molecule has 4 nitrogen and oxygen atoms in total. The number of hydrogen-bond donors (Lipinski definition) is 0. The zero-order valence-corrected chi connectivity index (χ0v) is 13.4. The van der Waals surface area contributed by atoms with Crippen LogP contribution in [0.25, 0.3) is 0 Å². The maximum absolute atomic E-state index is 11.2. The lowest BCUT2D eigenvalue weighted by Crippen LogP contribution is -2.44. The molecule has 1 aliphatic heterocycles. The molecule has 0 fully saturated rings. The number of rotatable bonds is 4. The van der Waals surface area contributed by atoms with E-state index in [2.05, 4.69) is 11.3 Å². The molecule has 0 bridgehead atoms. The molecule has 0 radical (unpaired) electrons. The molecule has 0 saturated heterocycles. The van der Waals surface area contributed by atoms with Gasteiger partial charge in [-0.2, -0.15) is 0 Å². The first-order chi connectivity index (χ1) is 10.4. The number of allylic oxidation sites excluding steroid dienone is 1. The first-order valence-corrected chi connectivity index (χ1v) is 7.06. The summed E-state index contributed by atoms with van der Waals surface area (Å²) >= 11 is 0. The third-order valence-corrected chi connectivity index (χ3v) is 4.11. The fourth-order valence-corrected chi connectivity index (χ4v) is 2.57. The van der Waals surface area contributed by atoms with Crippen LogP contribution in [0, 0.1) is 0 Å². The van der Waals surface area contributed by atoms with Crippen molar-refractivity contribution in [3.05, 3.63) is 66.1 Å². The highest BCUT2D eigenvalue weighted by atomic mass is 16.5. The van der Waals surface area contributed by atoms with Gasteiger partial charge < -0.3 is 14.4 Å². The van der Waals surface area contributed by atoms with E-state index in [1.54, 1.807) is 0 Å². The van der Waals surface area contributed by atoms with E-state index in [0.29, 0.717) is 0 Å². The van der Waals surface area contributed by atoms with Crippen molar-refractivity contribution in [2.45, 2.75) is 26.5 Å². The predicted molar refractivity (Wildman–Crippen MR) is 87.1 cm³/mol. The second kappa shape index (κ2) is 6.10. The number of para-hydroxylation sites is 1. The summed E-state index contributed by atoms with van der Waals surface area (Å²) in [5, 5.41) is 0. The van der Waals surface area contributed by atoms with Crippen molar-refractivity contribution in [2.75, 3.05) is 12.0 Å². The van der Waals surface area contributed by atoms with Crippen LogP contribution in [0.3, 0.4) is 0 Å². The van der Waals surface area contributed by atoms with Crippen LogP contribution in [-0.2, 0) is 14.3 Å². The van der Waals surface area contributed by atoms with Gasteiger partial charge in [0, 0.05) is 11.4 Å². The molecule has 1 heterocycles. The number of esters is 1. The fraction of sp³-hybridized carbons (Fsp3) is 0.278. The normalized spacial score (nSPS) is 21.6. The SMILES string of the molecule is C=C1C(C)=C(C)[C@](C)(O/C=C/C(=O)OC)N1c1ccccc1. The molecule has 1 atom stereocenters. The number of carbonyl (C=O) groups is 1. The maximum atomic E-state index is 11.2. The number of hydrogen-bond acceptors (Lipinski definition) is 4. The summed E-state index contributed by atoms with van der Waals surface area (Å²) in [6, 6.07) is 9.91. The minimum absolute atomic E-state index is 0.454. The van der Waals surface area contributed by atoms with Gasteiger partial charge in [-0.25, -0.2) is 4.79 Å². The Morgan fingerprint density at radius 2 is 1.91 bits per heavy atom. The Labute approximate surface area is 131 Å². The lowest BCUT2D eigenvalue weighted by Gasteiger charge is -2.38. The zero-order chi connectivity index (χ0) is 16.3. The predicted octanol–water partition coefficient (Wildman–Crippen LogP) is 3.78. The quantitative estimate of drug-likeness (QED) is 0.482. The Morgan fingerprint density at radius 3 is 2.50 bits per heavy atom. The van der Waals surface area contributed by atoms with Gasteiger partial charge in [-0.3, -0.25) is 0 Å². The summed E-state index contributed by atoms with van der Waals surface area (Å²) in [7, 11) is 1.33. The molecule has 0 amide bonds. The molecule has 116 valence electrons. The number of methoxy groups -OCH3 is 1. The minimum Gasteiger partial charge on any atom is -0.471 e. The molecule has 0 aromatic heterocycles. The molecule has 0 N–H and O–H groups in total. The van der Waals surface area contributed by atoms with Gasteiger partial charge >= 0.3 is 5.97 Å². The van der Waals surface area contributed by atoms with Gasteiger partial charge in [-0.05, 0) is 44.1 Å². The summed E-state index contributed by atoms with van der Waals surface area (Å²) in [4.78, 5) is 13.2. The van der Waals surface area contributed by atoms with Gasteiger partial charge in [0.1, 0.15) is 0 Å². The molecule has 22 heavy (non-hydrogen) atoms. The van der Waals surface area contributed by atoms with Crippen LogP contribution in [0.1, 0.15) is 20.8 Å². The highest BCUT2D eigenvalue weighted by Gasteiger charge is 2.44. The van der Waals surface area contributed by atoms with Gasteiger partial charge in [0.05, 0.1) is 19.4 Å². The smallest absolute Gasteiger partial charge is 0.333 e. The Kier molecular flexibility index (Phi) is 4.40. The van der Waals surface area contributed by atoms with Crippen LogP contribution >= 0.6 is 0 Å². The van der Waals surface area contributed by atoms with Gasteiger partial charge in [0.2, 0.25) is 5.72 Å². The first-order valence-electron chi connectivity index (χ1n) is 7.06. The topological polar surface area (TPSA) is 38.8 Å². The van der Waals surface area contributed by atoms with Crippen molar-refractivity contribution in [2.24, 2.45) is 0 Å². The second-order valence-electron chi connectivity index (χ2n) is 5.29. The molecule has 0 spiro atoms. The summed E-state index contributed by atoms with van der Waals surface area (Å²) in [5.74, 6) is -0.454. The van der Waals surface area contributed by atoms with E-state index in [1.807, 2.05) is 56.0 Å². The van der Waals surface area contributed by atoms with Gasteiger partial charge in [-0.1, -0.05) is 24.8 Å². The molecule has 0 aliphatic carbocycles. The van der Waals surface area contributed by atoms with E-state index < -0.39 is 11.7 Å². The molecule has 1 aliphatic rings. The molecular formula is C18H21NO3. The molecule has 1 aromatic rings. The lowest BCUT2D eigenvalue weighted by molar-refractivity contribution is -0.135. The zero-order valence-electron chi connectivity index (χ0n) is 13.4. The van der Waals surface area contributed by atoms with Crippen LogP contribution in [0.4, 0.5) is 5.69 Å². The van der Waals surface area contributed by atoms with Crippen LogP contribution in [0.5, 0.6) is 0 Å². The number of ether oxygens (including phenoxy) is 2. The second-order valence-corrected chi connectivity index (χ2v) is 5.29. The average molecular weight is 299 g/mol. The summed E-state index contributed by atoms with van der Waals surface area (Å²) in [6.07, 6.45) is 2.63. The van der Waals surface area contributed by atoms with Gasteiger partial charge in [0.15, 0.2) is 0 Å². The van der Waals surface area contributed by atoms with E-state index in [4.69, 9.17) is 4.74 Å². The van der Waals surface area contributed by atoms with Crippen molar-refractivity contribution in [3.63, 3.8) is 0 Å². The molecule has 1 aromatic carbocycles. The highest BCUT2D eigenvalue weighted by molar-refractivity contribution is 5.81. The van der Waals surface area contributed by atoms with Crippen LogP contribution in [-0.4, -0.2) is 18.8 Å². The van der Waals surface area contributed by atoms with Crippen LogP contribution in [0.2, 0.25) is 0 Å². The van der Waals surface area contributed by atoms with E-state index in [0.717, 1.165) is 22.5 Å². The molecule has 2 rings (SSSR count). The average Bonchev–Trinajstić information content (AvgIpc) is 2.69. The number of benzene rings is 1. The number of nitrogens with zero attached hydrogens (tertiary/aromatic N) is 1.